The fourth-order valence-electron chi connectivity index (χ4n) is 2.11. The van der Waals surface area contributed by atoms with Gasteiger partial charge >= 0.3 is 0 Å². The minimum absolute atomic E-state index is 0.0676. The highest BCUT2D eigenvalue weighted by molar-refractivity contribution is 7.89. The van der Waals surface area contributed by atoms with Gasteiger partial charge in [0.05, 0.1) is 12.1 Å². The van der Waals surface area contributed by atoms with Gasteiger partial charge in [-0.2, -0.15) is 0 Å². The first-order valence-electron chi connectivity index (χ1n) is 7.39. The van der Waals surface area contributed by atoms with Crippen molar-refractivity contribution in [3.05, 3.63) is 58.6 Å². The van der Waals surface area contributed by atoms with Crippen molar-refractivity contribution >= 4 is 27.5 Å². The highest BCUT2D eigenvalue weighted by Crippen LogP contribution is 2.24. The van der Waals surface area contributed by atoms with E-state index in [0.29, 0.717) is 5.75 Å². The van der Waals surface area contributed by atoms with Crippen molar-refractivity contribution in [3.63, 3.8) is 0 Å². The third-order valence-electron chi connectivity index (χ3n) is 3.54. The van der Waals surface area contributed by atoms with E-state index in [2.05, 4.69) is 5.32 Å². The van der Waals surface area contributed by atoms with Crippen molar-refractivity contribution in [1.29, 1.82) is 0 Å². The van der Waals surface area contributed by atoms with E-state index in [1.165, 1.54) is 32.3 Å². The predicted molar refractivity (Wildman–Crippen MR) is 96.5 cm³/mol. The Morgan fingerprint density at radius 2 is 1.92 bits per heavy atom. The number of hydrogen-bond donors (Lipinski definition) is 1. The Morgan fingerprint density at radius 3 is 2.56 bits per heavy atom. The quantitative estimate of drug-likeness (QED) is 0.833. The molecule has 2 rings (SSSR count). The molecular weight excluding hydrogens is 364 g/mol. The Balaban J connectivity index is 2.20. The molecule has 0 unspecified atom stereocenters. The first kappa shape index (κ1) is 19.2. The largest absolute Gasteiger partial charge is 0.497 e. The van der Waals surface area contributed by atoms with Gasteiger partial charge in [0.15, 0.2) is 0 Å². The summed E-state index contributed by atoms with van der Waals surface area (Å²) >= 11 is 5.98. The van der Waals surface area contributed by atoms with Crippen LogP contribution in [0, 0.1) is 0 Å². The molecule has 25 heavy (non-hydrogen) atoms. The van der Waals surface area contributed by atoms with Crippen LogP contribution in [-0.2, 0) is 16.6 Å². The number of halogens is 1. The van der Waals surface area contributed by atoms with Crippen molar-refractivity contribution in [2.45, 2.75) is 11.4 Å². The van der Waals surface area contributed by atoms with Crippen LogP contribution < -0.4 is 10.1 Å². The molecule has 1 amide bonds. The molecule has 0 aliphatic rings. The molecule has 0 saturated carbocycles. The lowest BCUT2D eigenvalue weighted by molar-refractivity contribution is 0.0950. The molecule has 0 bridgehead atoms. The maximum atomic E-state index is 12.3. The molecule has 0 aliphatic heterocycles. The third-order valence-corrected chi connectivity index (χ3v) is 5.84. The number of benzene rings is 2. The minimum atomic E-state index is -3.73. The van der Waals surface area contributed by atoms with Crippen LogP contribution in [-0.4, -0.2) is 39.8 Å². The molecule has 0 heterocycles. The lowest BCUT2D eigenvalue weighted by Gasteiger charge is -2.14. The second kappa shape index (κ2) is 7.86. The number of nitrogens with zero attached hydrogens (tertiary/aromatic N) is 1. The zero-order valence-corrected chi connectivity index (χ0v) is 15.7. The van der Waals surface area contributed by atoms with E-state index in [1.807, 2.05) is 24.3 Å². The molecule has 0 saturated heterocycles. The van der Waals surface area contributed by atoms with Gasteiger partial charge in [0, 0.05) is 26.2 Å². The van der Waals surface area contributed by atoms with Crippen LogP contribution in [0.3, 0.4) is 0 Å². The second-order valence-electron chi connectivity index (χ2n) is 5.47. The second-order valence-corrected chi connectivity index (χ2v) is 7.99. The van der Waals surface area contributed by atoms with Crippen LogP contribution in [0.4, 0.5) is 0 Å². The van der Waals surface area contributed by atoms with Crippen molar-refractivity contribution < 1.29 is 17.9 Å². The van der Waals surface area contributed by atoms with Crippen LogP contribution >= 0.6 is 11.6 Å². The van der Waals surface area contributed by atoms with Crippen molar-refractivity contribution in [3.8, 4) is 5.75 Å². The van der Waals surface area contributed by atoms with Crippen LogP contribution in [0.5, 0.6) is 5.75 Å². The minimum Gasteiger partial charge on any atom is -0.497 e. The molecule has 6 nitrogen and oxygen atoms in total. The Morgan fingerprint density at radius 1 is 1.20 bits per heavy atom. The number of methoxy groups -OCH3 is 1. The van der Waals surface area contributed by atoms with E-state index in [4.69, 9.17) is 16.3 Å². The Labute approximate surface area is 152 Å². The first-order valence-corrected chi connectivity index (χ1v) is 9.20. The standard InChI is InChI=1S/C17H19ClN2O4S/c1-20(2)25(22,23)16-10-13(7-8-15(16)18)17(21)19-11-12-5-4-6-14(9-12)24-3/h4-10H,11H2,1-3H3,(H,19,21). The van der Waals surface area contributed by atoms with Crippen LogP contribution in [0.25, 0.3) is 0 Å². The number of rotatable bonds is 6. The molecule has 134 valence electrons. The number of sulfonamides is 1. The average Bonchev–Trinajstić information content (AvgIpc) is 2.59. The maximum absolute atomic E-state index is 12.3. The van der Waals surface area contributed by atoms with Crippen LogP contribution in [0.2, 0.25) is 5.02 Å². The monoisotopic (exact) mass is 382 g/mol. The van der Waals surface area contributed by atoms with E-state index >= 15 is 0 Å². The summed E-state index contributed by atoms with van der Waals surface area (Å²) in [6.45, 7) is 0.286. The summed E-state index contributed by atoms with van der Waals surface area (Å²) in [5.41, 5.74) is 1.08. The van der Waals surface area contributed by atoms with Gasteiger partial charge < -0.3 is 10.1 Å². The average molecular weight is 383 g/mol. The van der Waals surface area contributed by atoms with Gasteiger partial charge in [0.2, 0.25) is 10.0 Å². The molecule has 0 aromatic heterocycles. The van der Waals surface area contributed by atoms with E-state index in [1.54, 1.807) is 7.11 Å². The van der Waals surface area contributed by atoms with Gasteiger partial charge in [-0.25, -0.2) is 12.7 Å². The van der Waals surface area contributed by atoms with Gasteiger partial charge in [0.25, 0.3) is 5.91 Å². The Hall–Kier alpha value is -2.09. The summed E-state index contributed by atoms with van der Waals surface area (Å²) in [6.07, 6.45) is 0. The third kappa shape index (κ3) is 4.50. The molecule has 0 fully saturated rings. The highest BCUT2D eigenvalue weighted by Gasteiger charge is 2.22. The highest BCUT2D eigenvalue weighted by atomic mass is 35.5. The number of hydrogen-bond acceptors (Lipinski definition) is 4. The predicted octanol–water partition coefficient (Wildman–Crippen LogP) is 2.53. The molecule has 0 spiro atoms. The Kier molecular flexibility index (Phi) is 6.05. The topological polar surface area (TPSA) is 75.7 Å². The molecule has 8 heteroatoms. The lowest BCUT2D eigenvalue weighted by Crippen LogP contribution is -2.25. The number of nitrogens with one attached hydrogen (secondary N) is 1. The fraction of sp³-hybridized carbons (Fsp3) is 0.235. The van der Waals surface area contributed by atoms with Crippen molar-refractivity contribution in [2.75, 3.05) is 21.2 Å². The van der Waals surface area contributed by atoms with Gasteiger partial charge in [-0.15, -0.1) is 0 Å². The SMILES string of the molecule is COc1cccc(CNC(=O)c2ccc(Cl)c(S(=O)(=O)N(C)C)c2)c1. The van der Waals surface area contributed by atoms with Crippen molar-refractivity contribution in [2.24, 2.45) is 0 Å². The molecular formula is C17H19ClN2O4S. The summed E-state index contributed by atoms with van der Waals surface area (Å²) in [6, 6.07) is 11.5. The zero-order chi connectivity index (χ0) is 18.6. The molecule has 0 atom stereocenters. The van der Waals surface area contributed by atoms with Gasteiger partial charge in [0.1, 0.15) is 10.6 Å². The smallest absolute Gasteiger partial charge is 0.251 e. The number of ether oxygens (including phenoxy) is 1. The summed E-state index contributed by atoms with van der Waals surface area (Å²) in [7, 11) is 0.641. The van der Waals surface area contributed by atoms with E-state index in [9.17, 15) is 13.2 Å². The first-order chi connectivity index (χ1) is 11.8. The molecule has 2 aromatic carbocycles. The molecule has 0 aliphatic carbocycles. The summed E-state index contributed by atoms with van der Waals surface area (Å²) in [4.78, 5) is 12.2. The number of amides is 1. The summed E-state index contributed by atoms with van der Waals surface area (Å²) in [5, 5.41) is 2.82. The summed E-state index contributed by atoms with van der Waals surface area (Å²) < 4.78 is 30.7. The number of carbonyl (C=O) groups is 1. The van der Waals surface area contributed by atoms with Gasteiger partial charge in [-0.05, 0) is 35.9 Å². The van der Waals surface area contributed by atoms with E-state index in [-0.39, 0.29) is 22.0 Å². The van der Waals surface area contributed by atoms with Gasteiger partial charge in [-0.1, -0.05) is 23.7 Å². The molecule has 0 radical (unpaired) electrons. The van der Waals surface area contributed by atoms with Crippen LogP contribution in [0.1, 0.15) is 15.9 Å². The zero-order valence-electron chi connectivity index (χ0n) is 14.1. The van der Waals surface area contributed by atoms with Crippen LogP contribution in [0.15, 0.2) is 47.4 Å². The summed E-state index contributed by atoms with van der Waals surface area (Å²) in [5.74, 6) is 0.298. The maximum Gasteiger partial charge on any atom is 0.251 e. The van der Waals surface area contributed by atoms with Crippen molar-refractivity contribution in [1.82, 2.24) is 9.62 Å². The number of carbonyl (C=O) groups excluding carboxylic acids is 1. The lowest BCUT2D eigenvalue weighted by atomic mass is 10.2. The normalized spacial score (nSPS) is 11.4. The van der Waals surface area contributed by atoms with E-state index < -0.39 is 15.9 Å². The van der Waals surface area contributed by atoms with Gasteiger partial charge in [-0.3, -0.25) is 4.79 Å². The Bertz CT molecular complexity index is 882. The molecule has 2 aromatic rings. The fourth-order valence-corrected chi connectivity index (χ4v) is 3.50. The molecule has 1 N–H and O–H groups in total. The van der Waals surface area contributed by atoms with E-state index in [0.717, 1.165) is 9.87 Å².